The molecular formula is C6H8N2O2. The summed E-state index contributed by atoms with van der Waals surface area (Å²) in [6.45, 7) is 1.47. The highest BCUT2D eigenvalue weighted by Crippen LogP contribution is 2.00. The number of morpholine rings is 1. The minimum atomic E-state index is -0.432. The Hall–Kier alpha value is -1.08. The molecule has 54 valence electrons. The number of nitriles is 1. The van der Waals surface area contributed by atoms with Crippen LogP contribution < -0.4 is 0 Å². The average Bonchev–Trinajstić information content (AvgIpc) is 2.05. The van der Waals surface area contributed by atoms with Gasteiger partial charge in [0.15, 0.2) is 6.10 Å². The Kier molecular flexibility index (Phi) is 2.24. The van der Waals surface area contributed by atoms with Crippen LogP contribution in [-0.4, -0.2) is 37.1 Å². The Morgan fingerprint density at radius 3 is 3.20 bits per heavy atom. The van der Waals surface area contributed by atoms with Gasteiger partial charge in [-0.15, -0.1) is 0 Å². The lowest BCUT2D eigenvalue weighted by atomic mass is 10.3. The number of hydrogen-bond acceptors (Lipinski definition) is 3. The molecule has 0 bridgehead atoms. The van der Waals surface area contributed by atoms with Crippen LogP contribution in [0.3, 0.4) is 0 Å². The summed E-state index contributed by atoms with van der Waals surface area (Å²) in [5, 5.41) is 8.39. The van der Waals surface area contributed by atoms with E-state index >= 15 is 0 Å². The highest BCUT2D eigenvalue weighted by molar-refractivity contribution is 5.47. The first-order chi connectivity index (χ1) is 4.86. The van der Waals surface area contributed by atoms with Gasteiger partial charge in [-0.2, -0.15) is 5.26 Å². The maximum Gasteiger partial charge on any atom is 0.209 e. The molecule has 1 heterocycles. The zero-order valence-corrected chi connectivity index (χ0v) is 5.49. The summed E-state index contributed by atoms with van der Waals surface area (Å²) < 4.78 is 5.00. The summed E-state index contributed by atoms with van der Waals surface area (Å²) in [6, 6.07) is 1.95. The maximum atomic E-state index is 10.2. The molecule has 1 aliphatic heterocycles. The molecule has 0 spiro atoms. The first-order valence-corrected chi connectivity index (χ1v) is 3.07. The smallest absolute Gasteiger partial charge is 0.209 e. The minimum Gasteiger partial charge on any atom is -0.360 e. The number of nitrogens with zero attached hydrogens (tertiary/aromatic N) is 2. The van der Waals surface area contributed by atoms with E-state index in [1.54, 1.807) is 0 Å². The van der Waals surface area contributed by atoms with Gasteiger partial charge >= 0.3 is 0 Å². The lowest BCUT2D eigenvalue weighted by molar-refractivity contribution is -0.123. The molecule has 1 unspecified atom stereocenters. The summed E-state index contributed by atoms with van der Waals surface area (Å²) >= 11 is 0. The molecule has 0 aromatic heterocycles. The van der Waals surface area contributed by atoms with Gasteiger partial charge in [0.1, 0.15) is 0 Å². The second kappa shape index (κ2) is 3.18. The van der Waals surface area contributed by atoms with Crippen molar-refractivity contribution < 1.29 is 9.53 Å². The van der Waals surface area contributed by atoms with Crippen molar-refractivity contribution in [3.8, 4) is 6.07 Å². The van der Waals surface area contributed by atoms with E-state index in [9.17, 15) is 4.79 Å². The summed E-state index contributed by atoms with van der Waals surface area (Å²) in [7, 11) is 0. The van der Waals surface area contributed by atoms with E-state index in [0.29, 0.717) is 19.7 Å². The molecule has 10 heavy (non-hydrogen) atoms. The van der Waals surface area contributed by atoms with Crippen LogP contribution in [0.2, 0.25) is 0 Å². The molecule has 1 atom stereocenters. The van der Waals surface area contributed by atoms with Crippen molar-refractivity contribution in [2.75, 3.05) is 19.7 Å². The molecule has 1 saturated heterocycles. The van der Waals surface area contributed by atoms with Crippen molar-refractivity contribution in [1.29, 1.82) is 5.26 Å². The van der Waals surface area contributed by atoms with E-state index in [4.69, 9.17) is 10.00 Å². The summed E-state index contributed by atoms with van der Waals surface area (Å²) in [5.41, 5.74) is 0. The zero-order valence-electron chi connectivity index (χ0n) is 5.49. The molecule has 0 aliphatic carbocycles. The molecule has 4 nitrogen and oxygen atoms in total. The minimum absolute atomic E-state index is 0.403. The van der Waals surface area contributed by atoms with Crippen molar-refractivity contribution in [2.24, 2.45) is 0 Å². The third-order valence-corrected chi connectivity index (χ3v) is 1.39. The van der Waals surface area contributed by atoms with Gasteiger partial charge in [0.2, 0.25) is 6.41 Å². The molecule has 0 radical (unpaired) electrons. The fourth-order valence-corrected chi connectivity index (χ4v) is 0.843. The van der Waals surface area contributed by atoms with Gasteiger partial charge in [-0.1, -0.05) is 0 Å². The van der Waals surface area contributed by atoms with Gasteiger partial charge in [-0.25, -0.2) is 0 Å². The lowest BCUT2D eigenvalue weighted by Gasteiger charge is -2.25. The molecule has 0 N–H and O–H groups in total. The first kappa shape index (κ1) is 7.03. The Balaban J connectivity index is 2.40. The molecule has 1 rings (SSSR count). The van der Waals surface area contributed by atoms with Crippen molar-refractivity contribution in [3.05, 3.63) is 0 Å². The Bertz CT molecular complexity index is 164. The van der Waals surface area contributed by atoms with Crippen LogP contribution in [0.25, 0.3) is 0 Å². The molecule has 1 amide bonds. The molecular weight excluding hydrogens is 132 g/mol. The molecule has 0 aromatic rings. The van der Waals surface area contributed by atoms with E-state index in [0.717, 1.165) is 6.41 Å². The monoisotopic (exact) mass is 140 g/mol. The fourth-order valence-electron chi connectivity index (χ4n) is 0.843. The highest BCUT2D eigenvalue weighted by atomic mass is 16.5. The predicted octanol–water partition coefficient (Wildman–Crippen LogP) is -0.633. The molecule has 1 fully saturated rings. The third kappa shape index (κ3) is 1.45. The quantitative estimate of drug-likeness (QED) is 0.455. The number of hydrogen-bond donors (Lipinski definition) is 0. The Labute approximate surface area is 59.0 Å². The Morgan fingerprint density at radius 1 is 1.80 bits per heavy atom. The van der Waals surface area contributed by atoms with Gasteiger partial charge in [0, 0.05) is 6.54 Å². The van der Waals surface area contributed by atoms with Crippen LogP contribution in [0.5, 0.6) is 0 Å². The van der Waals surface area contributed by atoms with Gasteiger partial charge in [-0.3, -0.25) is 4.79 Å². The van der Waals surface area contributed by atoms with Crippen LogP contribution in [-0.2, 0) is 9.53 Å². The SMILES string of the molecule is N#CC1CN(C=O)CCO1. The third-order valence-electron chi connectivity index (χ3n) is 1.39. The largest absolute Gasteiger partial charge is 0.360 e. The zero-order chi connectivity index (χ0) is 7.40. The van der Waals surface area contributed by atoms with E-state index < -0.39 is 6.10 Å². The lowest BCUT2D eigenvalue weighted by Crippen LogP contribution is -2.40. The summed E-state index contributed by atoms with van der Waals surface area (Å²) in [4.78, 5) is 11.7. The van der Waals surface area contributed by atoms with E-state index in [1.165, 1.54) is 4.90 Å². The number of rotatable bonds is 1. The number of carbonyl (C=O) groups excluding carboxylic acids is 1. The number of amides is 1. The van der Waals surface area contributed by atoms with Gasteiger partial charge < -0.3 is 9.64 Å². The highest BCUT2D eigenvalue weighted by Gasteiger charge is 2.17. The van der Waals surface area contributed by atoms with E-state index in [2.05, 4.69) is 0 Å². The van der Waals surface area contributed by atoms with Crippen LogP contribution in [0.4, 0.5) is 0 Å². The van der Waals surface area contributed by atoms with Crippen LogP contribution >= 0.6 is 0 Å². The van der Waals surface area contributed by atoms with Crippen molar-refractivity contribution >= 4 is 6.41 Å². The summed E-state index contributed by atoms with van der Waals surface area (Å²) in [5.74, 6) is 0. The van der Waals surface area contributed by atoms with Gasteiger partial charge in [0.05, 0.1) is 19.2 Å². The predicted molar refractivity (Wildman–Crippen MR) is 33.0 cm³/mol. The number of carbonyl (C=O) groups is 1. The van der Waals surface area contributed by atoms with Gasteiger partial charge in [-0.05, 0) is 0 Å². The fraction of sp³-hybridized carbons (Fsp3) is 0.667. The van der Waals surface area contributed by atoms with Crippen molar-refractivity contribution in [3.63, 3.8) is 0 Å². The topological polar surface area (TPSA) is 53.3 Å². The van der Waals surface area contributed by atoms with E-state index in [-0.39, 0.29) is 0 Å². The van der Waals surface area contributed by atoms with Crippen LogP contribution in [0, 0.1) is 11.3 Å². The second-order valence-electron chi connectivity index (χ2n) is 2.09. The normalized spacial score (nSPS) is 25.5. The molecule has 4 heteroatoms. The Morgan fingerprint density at radius 2 is 2.60 bits per heavy atom. The number of ether oxygens (including phenoxy) is 1. The molecule has 0 saturated carbocycles. The van der Waals surface area contributed by atoms with E-state index in [1.807, 2.05) is 6.07 Å². The second-order valence-corrected chi connectivity index (χ2v) is 2.09. The van der Waals surface area contributed by atoms with Crippen molar-refractivity contribution in [2.45, 2.75) is 6.10 Å². The first-order valence-electron chi connectivity index (χ1n) is 3.07. The molecule has 1 aliphatic rings. The summed E-state index contributed by atoms with van der Waals surface area (Å²) in [6.07, 6.45) is 0.311. The standard InChI is InChI=1S/C6H8N2O2/c7-3-6-4-8(5-9)1-2-10-6/h5-6H,1-2,4H2. The van der Waals surface area contributed by atoms with Crippen molar-refractivity contribution in [1.82, 2.24) is 4.90 Å². The average molecular weight is 140 g/mol. The van der Waals surface area contributed by atoms with Crippen LogP contribution in [0.15, 0.2) is 0 Å². The molecule has 0 aromatic carbocycles. The van der Waals surface area contributed by atoms with Gasteiger partial charge in [0.25, 0.3) is 0 Å². The maximum absolute atomic E-state index is 10.2. The van der Waals surface area contributed by atoms with Crippen LogP contribution in [0.1, 0.15) is 0 Å².